The zero-order valence-corrected chi connectivity index (χ0v) is 20.4. The lowest BCUT2D eigenvalue weighted by Gasteiger charge is -2.27. The highest BCUT2D eigenvalue weighted by Crippen LogP contribution is 2.50. The number of nitrogens with one attached hydrogen (secondary N) is 1. The Labute approximate surface area is 208 Å². The van der Waals surface area contributed by atoms with Crippen LogP contribution in [0.1, 0.15) is 35.3 Å². The summed E-state index contributed by atoms with van der Waals surface area (Å²) in [6, 6.07) is 19.3. The molecule has 0 aromatic heterocycles. The van der Waals surface area contributed by atoms with Gasteiger partial charge in [-0.3, -0.25) is 9.59 Å². The number of hydrogen-bond donors (Lipinski definition) is 1. The second-order valence-electron chi connectivity index (χ2n) is 8.86. The lowest BCUT2D eigenvalue weighted by molar-refractivity contribution is -0.140. The number of Topliss-reactive ketones (excluding diaryl/α,β-unsaturated/α-hetero) is 1. The summed E-state index contributed by atoms with van der Waals surface area (Å²) in [5.41, 5.74) is 0.775. The van der Waals surface area contributed by atoms with E-state index < -0.39 is 17.4 Å². The number of hydrogen-bond acceptors (Lipinski definition) is 7. The van der Waals surface area contributed by atoms with Gasteiger partial charge < -0.3 is 24.4 Å². The van der Waals surface area contributed by atoms with Crippen molar-refractivity contribution in [2.24, 2.45) is 11.1 Å². The molecule has 36 heavy (non-hydrogen) atoms. The third kappa shape index (κ3) is 3.66. The minimum Gasteiger partial charge on any atom is -0.497 e. The predicted octanol–water partition coefficient (Wildman–Crippen LogP) is 4.57. The zero-order chi connectivity index (χ0) is 25.4. The standard InChI is InChI=1S/C28H26N2O6/c1-16(2)35-22-13-12-17(15-23(22)34-4)25-24(26(31)18-8-7-9-19(14-18)33-3)28(36-30-25)20-10-5-6-11-21(20)29-27(28)32/h5-16,24H,1-4H3,(H,29,32)/t24-,28+/m0/s1. The summed E-state index contributed by atoms with van der Waals surface area (Å²) in [5.74, 6) is -0.261. The molecular weight excluding hydrogens is 460 g/mol. The lowest BCUT2D eigenvalue weighted by atomic mass is 9.74. The fraction of sp³-hybridized carbons (Fsp3) is 0.250. The molecule has 2 aliphatic rings. The summed E-state index contributed by atoms with van der Waals surface area (Å²) in [5, 5.41) is 7.19. The number of methoxy groups -OCH3 is 2. The van der Waals surface area contributed by atoms with E-state index in [0.717, 1.165) is 0 Å². The van der Waals surface area contributed by atoms with E-state index in [1.165, 1.54) is 7.11 Å². The molecule has 1 spiro atoms. The molecule has 0 unspecified atom stereocenters. The largest absolute Gasteiger partial charge is 0.497 e. The molecule has 3 aromatic rings. The average molecular weight is 487 g/mol. The predicted molar refractivity (Wildman–Crippen MR) is 134 cm³/mol. The zero-order valence-electron chi connectivity index (χ0n) is 20.4. The van der Waals surface area contributed by atoms with Crippen molar-refractivity contribution in [2.75, 3.05) is 19.5 Å². The number of anilines is 1. The first kappa shape index (κ1) is 23.4. The van der Waals surface area contributed by atoms with Crippen molar-refractivity contribution < 1.29 is 28.6 Å². The van der Waals surface area contributed by atoms with Gasteiger partial charge in [0, 0.05) is 22.4 Å². The van der Waals surface area contributed by atoms with Crippen LogP contribution >= 0.6 is 0 Å². The fourth-order valence-corrected chi connectivity index (χ4v) is 4.70. The minimum atomic E-state index is -1.65. The molecule has 2 heterocycles. The molecule has 2 aliphatic heterocycles. The van der Waals surface area contributed by atoms with Crippen molar-refractivity contribution in [2.45, 2.75) is 25.6 Å². The van der Waals surface area contributed by atoms with Gasteiger partial charge in [-0.25, -0.2) is 0 Å². The first-order valence-electron chi connectivity index (χ1n) is 11.6. The van der Waals surface area contributed by atoms with E-state index in [1.54, 1.807) is 67.8 Å². The molecule has 184 valence electrons. The maximum absolute atomic E-state index is 14.1. The van der Waals surface area contributed by atoms with E-state index >= 15 is 0 Å². The summed E-state index contributed by atoms with van der Waals surface area (Å²) >= 11 is 0. The van der Waals surface area contributed by atoms with E-state index in [9.17, 15) is 9.59 Å². The highest BCUT2D eigenvalue weighted by atomic mass is 16.7. The summed E-state index contributed by atoms with van der Waals surface area (Å²) in [6.45, 7) is 3.84. The van der Waals surface area contributed by atoms with Gasteiger partial charge in [0.25, 0.3) is 11.5 Å². The molecule has 0 fully saturated rings. The number of amides is 1. The summed E-state index contributed by atoms with van der Waals surface area (Å²) in [7, 11) is 3.07. The van der Waals surface area contributed by atoms with E-state index in [0.29, 0.717) is 45.3 Å². The number of rotatable bonds is 7. The van der Waals surface area contributed by atoms with Crippen LogP contribution in [0.15, 0.2) is 71.9 Å². The topological polar surface area (TPSA) is 95.5 Å². The van der Waals surface area contributed by atoms with Crippen molar-refractivity contribution >= 4 is 23.1 Å². The van der Waals surface area contributed by atoms with Gasteiger partial charge in [0.2, 0.25) is 0 Å². The van der Waals surface area contributed by atoms with Crippen molar-refractivity contribution in [3.8, 4) is 17.2 Å². The maximum Gasteiger partial charge on any atom is 0.277 e. The van der Waals surface area contributed by atoms with Gasteiger partial charge in [-0.1, -0.05) is 35.5 Å². The summed E-state index contributed by atoms with van der Waals surface area (Å²) in [6.07, 6.45) is -0.0544. The van der Waals surface area contributed by atoms with Crippen molar-refractivity contribution in [1.82, 2.24) is 0 Å². The van der Waals surface area contributed by atoms with Crippen LogP contribution < -0.4 is 19.5 Å². The van der Waals surface area contributed by atoms with Gasteiger partial charge in [0.15, 0.2) is 17.3 Å². The molecule has 0 saturated heterocycles. The maximum atomic E-state index is 14.1. The molecule has 8 heteroatoms. The Hall–Kier alpha value is -4.33. The van der Waals surface area contributed by atoms with Crippen LogP contribution in [-0.4, -0.2) is 37.7 Å². The summed E-state index contributed by atoms with van der Waals surface area (Å²) in [4.78, 5) is 33.5. The third-order valence-corrected chi connectivity index (χ3v) is 6.32. The average Bonchev–Trinajstić information content (AvgIpc) is 3.42. The van der Waals surface area contributed by atoms with E-state index in [-0.39, 0.29) is 11.9 Å². The molecule has 8 nitrogen and oxygen atoms in total. The quantitative estimate of drug-likeness (QED) is 0.492. The molecule has 0 radical (unpaired) electrons. The SMILES string of the molecule is COc1cccc(C(=O)[C@@H]2C(c3ccc(OC(C)C)c(OC)c3)=NO[C@@]23C(=O)Nc2ccccc23)c1. The molecule has 3 aromatic carbocycles. The minimum absolute atomic E-state index is 0.0544. The highest BCUT2D eigenvalue weighted by molar-refractivity contribution is 6.25. The second kappa shape index (κ2) is 9.03. The van der Waals surface area contributed by atoms with Gasteiger partial charge >= 0.3 is 0 Å². The molecule has 1 amide bonds. The van der Waals surface area contributed by atoms with Crippen LogP contribution in [-0.2, 0) is 15.2 Å². The Kier molecular flexibility index (Phi) is 5.88. The van der Waals surface area contributed by atoms with Crippen LogP contribution in [0.2, 0.25) is 0 Å². The second-order valence-corrected chi connectivity index (χ2v) is 8.86. The number of carbonyl (C=O) groups is 2. The molecule has 5 rings (SSSR count). The number of ketones is 1. The Morgan fingerprint density at radius 1 is 1.00 bits per heavy atom. The number of nitrogens with zero attached hydrogens (tertiary/aromatic N) is 1. The molecule has 0 aliphatic carbocycles. The Morgan fingerprint density at radius 2 is 1.81 bits per heavy atom. The monoisotopic (exact) mass is 486 g/mol. The summed E-state index contributed by atoms with van der Waals surface area (Å²) < 4.78 is 16.7. The van der Waals surface area contributed by atoms with Gasteiger partial charge in [-0.15, -0.1) is 0 Å². The Bertz CT molecular complexity index is 1380. The molecule has 2 atom stereocenters. The van der Waals surface area contributed by atoms with Crippen molar-refractivity contribution in [3.63, 3.8) is 0 Å². The first-order valence-corrected chi connectivity index (χ1v) is 11.6. The molecule has 0 bridgehead atoms. The van der Waals surface area contributed by atoms with Crippen LogP contribution in [0, 0.1) is 5.92 Å². The highest BCUT2D eigenvalue weighted by Gasteiger charge is 2.63. The van der Waals surface area contributed by atoms with E-state index in [2.05, 4.69) is 10.5 Å². The van der Waals surface area contributed by atoms with Crippen LogP contribution in [0.5, 0.6) is 17.2 Å². The van der Waals surface area contributed by atoms with Crippen LogP contribution in [0.4, 0.5) is 5.69 Å². The molecule has 0 saturated carbocycles. The van der Waals surface area contributed by atoms with E-state index in [1.807, 2.05) is 19.9 Å². The molecular formula is C28H26N2O6. The number of para-hydroxylation sites is 1. The Balaban J connectivity index is 1.66. The number of carbonyl (C=O) groups excluding carboxylic acids is 2. The van der Waals surface area contributed by atoms with Crippen LogP contribution in [0.3, 0.4) is 0 Å². The molecule has 1 N–H and O–H groups in total. The first-order chi connectivity index (χ1) is 17.4. The van der Waals surface area contributed by atoms with Crippen LogP contribution in [0.25, 0.3) is 0 Å². The van der Waals surface area contributed by atoms with Gasteiger partial charge in [0.05, 0.1) is 20.3 Å². The number of benzene rings is 3. The van der Waals surface area contributed by atoms with Crippen molar-refractivity contribution in [3.05, 3.63) is 83.4 Å². The van der Waals surface area contributed by atoms with Gasteiger partial charge in [-0.2, -0.15) is 0 Å². The normalized spacial score (nSPS) is 20.0. The number of ether oxygens (including phenoxy) is 3. The number of oxime groups is 1. The Morgan fingerprint density at radius 3 is 2.56 bits per heavy atom. The lowest BCUT2D eigenvalue weighted by Crippen LogP contribution is -2.46. The van der Waals surface area contributed by atoms with Crippen molar-refractivity contribution in [1.29, 1.82) is 0 Å². The number of fused-ring (bicyclic) bond motifs is 2. The van der Waals surface area contributed by atoms with Gasteiger partial charge in [0.1, 0.15) is 17.4 Å². The third-order valence-electron chi connectivity index (χ3n) is 6.32. The van der Waals surface area contributed by atoms with E-state index in [4.69, 9.17) is 19.0 Å². The smallest absolute Gasteiger partial charge is 0.277 e. The van der Waals surface area contributed by atoms with Gasteiger partial charge in [-0.05, 0) is 50.2 Å². The fourth-order valence-electron chi connectivity index (χ4n) is 4.70.